The molecule has 0 spiro atoms. The van der Waals surface area contributed by atoms with E-state index in [4.69, 9.17) is 8.83 Å². The topological polar surface area (TPSA) is 43.4 Å². The fraction of sp³-hybridized carbons (Fsp3) is 0.667. The normalized spacial score (nSPS) is 11.2. The van der Waals surface area contributed by atoms with Crippen LogP contribution in [0.15, 0.2) is 45.6 Å². The molecule has 0 aromatic carbocycles. The highest BCUT2D eigenvalue weighted by molar-refractivity contribution is 5.78. The van der Waals surface area contributed by atoms with E-state index in [1.165, 1.54) is 77.0 Å². The van der Waals surface area contributed by atoms with E-state index in [0.717, 1.165) is 50.0 Å². The Labute approximate surface area is 183 Å². The summed E-state index contributed by atoms with van der Waals surface area (Å²) in [5.41, 5.74) is 0. The summed E-state index contributed by atoms with van der Waals surface area (Å²) in [6, 6.07) is 8.04. The minimum atomic E-state index is 0.479. The Morgan fingerprint density at radius 1 is 0.533 bits per heavy atom. The number of hydrogen-bond acceptors (Lipinski definition) is 3. The smallest absolute Gasteiger partial charge is 0.132 e. The van der Waals surface area contributed by atoms with Gasteiger partial charge in [-0.2, -0.15) is 0 Å². The highest BCUT2D eigenvalue weighted by Crippen LogP contribution is 2.14. The van der Waals surface area contributed by atoms with Gasteiger partial charge in [0, 0.05) is 25.7 Å². The Kier molecular flexibility index (Phi) is 13.9. The highest BCUT2D eigenvalue weighted by atomic mass is 16.3. The molecule has 0 amide bonds. The van der Waals surface area contributed by atoms with Crippen LogP contribution in [-0.2, 0) is 17.6 Å². The first kappa shape index (κ1) is 24.5. The van der Waals surface area contributed by atoms with Crippen molar-refractivity contribution >= 4 is 5.78 Å². The molecule has 2 aromatic heterocycles. The Balaban J connectivity index is 1.25. The summed E-state index contributed by atoms with van der Waals surface area (Å²) in [5.74, 6) is 2.69. The number of carbonyl (C=O) groups is 1. The first-order valence-electron chi connectivity index (χ1n) is 12.4. The average Bonchev–Trinajstić information content (AvgIpc) is 3.45. The summed E-state index contributed by atoms with van der Waals surface area (Å²) < 4.78 is 10.7. The molecule has 2 aromatic rings. The van der Waals surface area contributed by atoms with Crippen molar-refractivity contribution in [2.45, 2.75) is 116 Å². The number of rotatable bonds is 20. The minimum absolute atomic E-state index is 0.479. The monoisotopic (exact) mass is 414 g/mol. The van der Waals surface area contributed by atoms with Crippen LogP contribution in [-0.4, -0.2) is 5.78 Å². The fourth-order valence-corrected chi connectivity index (χ4v) is 4.05. The lowest BCUT2D eigenvalue weighted by Gasteiger charge is -2.03. The molecule has 0 aliphatic heterocycles. The lowest BCUT2D eigenvalue weighted by Crippen LogP contribution is -1.97. The molecule has 0 saturated heterocycles. The number of hydrogen-bond donors (Lipinski definition) is 0. The van der Waals surface area contributed by atoms with Crippen molar-refractivity contribution in [2.75, 3.05) is 0 Å². The van der Waals surface area contributed by atoms with Crippen molar-refractivity contribution in [2.24, 2.45) is 0 Å². The quantitative estimate of drug-likeness (QED) is 0.204. The van der Waals surface area contributed by atoms with Gasteiger partial charge in [-0.3, -0.25) is 4.79 Å². The molecule has 168 valence electrons. The largest absolute Gasteiger partial charge is 0.469 e. The number of aryl methyl sites for hydroxylation is 2. The highest BCUT2D eigenvalue weighted by Gasteiger charge is 2.02. The Hall–Kier alpha value is -1.77. The summed E-state index contributed by atoms with van der Waals surface area (Å²) >= 11 is 0. The predicted octanol–water partition coefficient (Wildman–Crippen LogP) is 8.47. The Morgan fingerprint density at radius 3 is 1.27 bits per heavy atom. The fourth-order valence-electron chi connectivity index (χ4n) is 4.05. The molecule has 0 bridgehead atoms. The summed E-state index contributed by atoms with van der Waals surface area (Å²) in [4.78, 5) is 12.0. The van der Waals surface area contributed by atoms with Gasteiger partial charge in [0.2, 0.25) is 0 Å². The molecular formula is C27H42O3. The van der Waals surface area contributed by atoms with E-state index in [1.807, 2.05) is 12.1 Å². The third-order valence-electron chi connectivity index (χ3n) is 5.92. The molecule has 0 N–H and O–H groups in total. The molecule has 0 saturated carbocycles. The predicted molar refractivity (Wildman–Crippen MR) is 124 cm³/mol. The number of Topliss-reactive ketones (excluding diaryl/α,β-unsaturated/α-hetero) is 1. The molecule has 0 unspecified atom stereocenters. The van der Waals surface area contributed by atoms with Gasteiger partial charge in [-0.05, 0) is 49.9 Å². The van der Waals surface area contributed by atoms with E-state index in [2.05, 4.69) is 12.1 Å². The zero-order valence-corrected chi connectivity index (χ0v) is 18.9. The van der Waals surface area contributed by atoms with Crippen LogP contribution in [0.25, 0.3) is 0 Å². The van der Waals surface area contributed by atoms with Crippen LogP contribution in [0.2, 0.25) is 0 Å². The molecule has 30 heavy (non-hydrogen) atoms. The van der Waals surface area contributed by atoms with E-state index in [9.17, 15) is 4.79 Å². The maximum absolute atomic E-state index is 12.0. The van der Waals surface area contributed by atoms with Crippen LogP contribution in [0.4, 0.5) is 0 Å². The van der Waals surface area contributed by atoms with E-state index in [1.54, 1.807) is 12.5 Å². The summed E-state index contributed by atoms with van der Waals surface area (Å²) in [5, 5.41) is 0. The third kappa shape index (κ3) is 12.7. The second-order valence-electron chi connectivity index (χ2n) is 8.65. The molecule has 3 heteroatoms. The van der Waals surface area contributed by atoms with E-state index in [-0.39, 0.29) is 0 Å². The van der Waals surface area contributed by atoms with Gasteiger partial charge < -0.3 is 8.83 Å². The Morgan fingerprint density at radius 2 is 0.900 bits per heavy atom. The maximum Gasteiger partial charge on any atom is 0.132 e. The van der Waals surface area contributed by atoms with Gasteiger partial charge in [0.05, 0.1) is 12.5 Å². The van der Waals surface area contributed by atoms with Crippen LogP contribution >= 0.6 is 0 Å². The maximum atomic E-state index is 12.0. The molecule has 3 nitrogen and oxygen atoms in total. The van der Waals surface area contributed by atoms with Crippen LogP contribution in [0, 0.1) is 0 Å². The second-order valence-corrected chi connectivity index (χ2v) is 8.65. The van der Waals surface area contributed by atoms with Crippen LogP contribution in [0.5, 0.6) is 0 Å². The lowest BCUT2D eigenvalue weighted by atomic mass is 10.0. The van der Waals surface area contributed by atoms with E-state index >= 15 is 0 Å². The summed E-state index contributed by atoms with van der Waals surface area (Å²) in [6.07, 6.45) is 24.6. The molecule has 0 radical (unpaired) electrons. The van der Waals surface area contributed by atoms with Crippen LogP contribution in [0.1, 0.15) is 114 Å². The molecule has 2 heterocycles. The zero-order valence-electron chi connectivity index (χ0n) is 18.9. The van der Waals surface area contributed by atoms with Gasteiger partial charge in [-0.1, -0.05) is 64.2 Å². The van der Waals surface area contributed by atoms with Gasteiger partial charge in [0.25, 0.3) is 0 Å². The number of furan rings is 2. The number of unbranched alkanes of at least 4 members (excludes halogenated alkanes) is 12. The summed E-state index contributed by atoms with van der Waals surface area (Å²) in [6.45, 7) is 0. The first-order valence-corrected chi connectivity index (χ1v) is 12.4. The number of ketones is 1. The van der Waals surface area contributed by atoms with Crippen molar-refractivity contribution in [1.82, 2.24) is 0 Å². The first-order chi connectivity index (χ1) is 14.8. The Bertz CT molecular complexity index is 558. The van der Waals surface area contributed by atoms with E-state index in [0.29, 0.717) is 5.78 Å². The molecule has 0 aliphatic rings. The molecule has 0 atom stereocenters. The minimum Gasteiger partial charge on any atom is -0.469 e. The van der Waals surface area contributed by atoms with Gasteiger partial charge in [0.1, 0.15) is 17.3 Å². The van der Waals surface area contributed by atoms with Crippen molar-refractivity contribution in [3.05, 3.63) is 48.3 Å². The van der Waals surface area contributed by atoms with Gasteiger partial charge in [-0.25, -0.2) is 0 Å². The average molecular weight is 415 g/mol. The van der Waals surface area contributed by atoms with Gasteiger partial charge in [0.15, 0.2) is 0 Å². The van der Waals surface area contributed by atoms with Crippen LogP contribution < -0.4 is 0 Å². The third-order valence-corrected chi connectivity index (χ3v) is 5.92. The SMILES string of the molecule is O=C(CCCCCCCCCc1ccco1)CCCCCCCCCc1ccco1. The second kappa shape index (κ2) is 17.0. The molecule has 0 fully saturated rings. The number of carbonyl (C=O) groups excluding carboxylic acids is 1. The zero-order chi connectivity index (χ0) is 21.1. The molecular weight excluding hydrogens is 372 g/mol. The standard InChI is InChI=1S/C27H42O3/c28-25(17-11-7-3-1-5-9-13-19-26-21-15-23-29-26)18-12-8-4-2-6-10-14-20-27-22-16-24-30-27/h15-16,21-24H,1-14,17-20H2. The van der Waals surface area contributed by atoms with Crippen molar-refractivity contribution in [3.8, 4) is 0 Å². The summed E-state index contributed by atoms with van der Waals surface area (Å²) in [7, 11) is 0. The van der Waals surface area contributed by atoms with Crippen molar-refractivity contribution < 1.29 is 13.6 Å². The van der Waals surface area contributed by atoms with E-state index < -0.39 is 0 Å². The van der Waals surface area contributed by atoms with Crippen LogP contribution in [0.3, 0.4) is 0 Å². The lowest BCUT2D eigenvalue weighted by molar-refractivity contribution is -0.119. The van der Waals surface area contributed by atoms with Crippen molar-refractivity contribution in [3.63, 3.8) is 0 Å². The van der Waals surface area contributed by atoms with Gasteiger partial charge >= 0.3 is 0 Å². The van der Waals surface area contributed by atoms with Crippen molar-refractivity contribution in [1.29, 1.82) is 0 Å². The molecule has 0 aliphatic carbocycles. The molecule has 2 rings (SSSR count). The van der Waals surface area contributed by atoms with Gasteiger partial charge in [-0.15, -0.1) is 0 Å².